The van der Waals surface area contributed by atoms with Crippen molar-refractivity contribution in [3.8, 4) is 5.69 Å². The van der Waals surface area contributed by atoms with Crippen molar-refractivity contribution in [3.63, 3.8) is 0 Å². The molecule has 2 heterocycles. The molecule has 140 valence electrons. The van der Waals surface area contributed by atoms with Crippen LogP contribution in [0, 0.1) is 13.8 Å². The minimum atomic E-state index is -0.578. The molecule has 27 heavy (non-hydrogen) atoms. The predicted octanol–water partition coefficient (Wildman–Crippen LogP) is 2.56. The van der Waals surface area contributed by atoms with E-state index >= 15 is 0 Å². The molecule has 0 spiro atoms. The molecule has 2 aromatic heterocycles. The van der Waals surface area contributed by atoms with Crippen molar-refractivity contribution in [1.29, 1.82) is 0 Å². The van der Waals surface area contributed by atoms with Gasteiger partial charge in [0.2, 0.25) is 11.1 Å². The Morgan fingerprint density at radius 2 is 1.96 bits per heavy atom. The lowest BCUT2D eigenvalue weighted by Crippen LogP contribution is -2.24. The van der Waals surface area contributed by atoms with E-state index in [1.54, 1.807) is 23.1 Å². The monoisotopic (exact) mass is 402 g/mol. The van der Waals surface area contributed by atoms with Crippen molar-refractivity contribution in [2.75, 3.05) is 5.32 Å². The number of rotatable bonds is 6. The standard InChI is InChI=1S/C17H18N6O2S2/c1-9-6-10(2)8-12(7-9)23-17(20-21-22-23)27-11(3)15(25)19-16-13(14(18)24)4-5-26-16/h4-8,11H,1-3H3,(H2,18,24)(H,19,25)/t11-/m0/s1. The van der Waals surface area contributed by atoms with Crippen LogP contribution in [0.1, 0.15) is 28.4 Å². The van der Waals surface area contributed by atoms with Gasteiger partial charge in [-0.2, -0.15) is 4.68 Å². The van der Waals surface area contributed by atoms with E-state index in [0.717, 1.165) is 16.8 Å². The smallest absolute Gasteiger partial charge is 0.251 e. The van der Waals surface area contributed by atoms with E-state index in [1.807, 2.05) is 26.0 Å². The number of nitrogens with zero attached hydrogens (tertiary/aromatic N) is 4. The molecular formula is C17H18N6O2S2. The molecule has 8 nitrogen and oxygen atoms in total. The zero-order valence-corrected chi connectivity index (χ0v) is 16.6. The van der Waals surface area contributed by atoms with E-state index in [4.69, 9.17) is 5.73 Å². The molecule has 10 heteroatoms. The summed E-state index contributed by atoms with van der Waals surface area (Å²) < 4.78 is 1.61. The number of amides is 2. The second-order valence-electron chi connectivity index (χ2n) is 6.00. The van der Waals surface area contributed by atoms with Crippen LogP contribution in [-0.4, -0.2) is 37.3 Å². The number of benzene rings is 1. The molecule has 0 aliphatic heterocycles. The number of primary amides is 1. The van der Waals surface area contributed by atoms with Crippen molar-refractivity contribution in [2.24, 2.45) is 5.73 Å². The van der Waals surface area contributed by atoms with Gasteiger partial charge in [-0.1, -0.05) is 17.8 Å². The summed E-state index contributed by atoms with van der Waals surface area (Å²) in [5.74, 6) is -0.842. The Balaban J connectivity index is 1.76. The van der Waals surface area contributed by atoms with Crippen molar-refractivity contribution in [1.82, 2.24) is 20.2 Å². The summed E-state index contributed by atoms with van der Waals surface area (Å²) in [6, 6.07) is 7.60. The first-order valence-corrected chi connectivity index (χ1v) is 9.83. The first-order chi connectivity index (χ1) is 12.8. The predicted molar refractivity (Wildman–Crippen MR) is 105 cm³/mol. The van der Waals surface area contributed by atoms with E-state index in [2.05, 4.69) is 26.9 Å². The summed E-state index contributed by atoms with van der Waals surface area (Å²) in [5, 5.41) is 16.7. The lowest BCUT2D eigenvalue weighted by atomic mass is 10.1. The Kier molecular flexibility index (Phi) is 5.57. The molecule has 0 aliphatic rings. The van der Waals surface area contributed by atoms with E-state index in [1.165, 1.54) is 23.1 Å². The third-order valence-electron chi connectivity index (χ3n) is 3.71. The zero-order valence-electron chi connectivity index (χ0n) is 15.0. The number of thioether (sulfide) groups is 1. The van der Waals surface area contributed by atoms with Crippen LogP contribution in [0.3, 0.4) is 0 Å². The van der Waals surface area contributed by atoms with E-state index in [-0.39, 0.29) is 5.91 Å². The van der Waals surface area contributed by atoms with Gasteiger partial charge in [0.25, 0.3) is 5.91 Å². The molecule has 0 bridgehead atoms. The van der Waals surface area contributed by atoms with E-state index in [0.29, 0.717) is 15.7 Å². The van der Waals surface area contributed by atoms with Crippen LogP contribution in [0.5, 0.6) is 0 Å². The Morgan fingerprint density at radius 1 is 1.26 bits per heavy atom. The number of tetrazole rings is 1. The van der Waals surface area contributed by atoms with Crippen LogP contribution < -0.4 is 11.1 Å². The molecule has 0 radical (unpaired) electrons. The normalized spacial score (nSPS) is 12.0. The average Bonchev–Trinajstić information content (AvgIpc) is 3.23. The van der Waals surface area contributed by atoms with Crippen LogP contribution >= 0.6 is 23.1 Å². The maximum absolute atomic E-state index is 12.5. The van der Waals surface area contributed by atoms with Crippen molar-refractivity contribution >= 4 is 39.9 Å². The number of aryl methyl sites for hydroxylation is 2. The van der Waals surface area contributed by atoms with Crippen LogP contribution in [0.4, 0.5) is 5.00 Å². The summed E-state index contributed by atoms with van der Waals surface area (Å²) >= 11 is 2.48. The number of hydrogen-bond acceptors (Lipinski definition) is 7. The van der Waals surface area contributed by atoms with Gasteiger partial charge in [0, 0.05) is 0 Å². The molecule has 0 unspecified atom stereocenters. The number of carbonyl (C=O) groups is 2. The van der Waals surface area contributed by atoms with Gasteiger partial charge in [0.1, 0.15) is 5.00 Å². The Hall–Kier alpha value is -2.72. The van der Waals surface area contributed by atoms with Crippen molar-refractivity contribution in [2.45, 2.75) is 31.2 Å². The van der Waals surface area contributed by atoms with Crippen LogP contribution in [0.15, 0.2) is 34.8 Å². The lowest BCUT2D eigenvalue weighted by molar-refractivity contribution is -0.115. The van der Waals surface area contributed by atoms with Gasteiger partial charge in [-0.05, 0) is 65.9 Å². The molecule has 0 saturated carbocycles. The van der Waals surface area contributed by atoms with Gasteiger partial charge in [0.05, 0.1) is 16.5 Å². The van der Waals surface area contributed by atoms with Gasteiger partial charge in [0.15, 0.2) is 0 Å². The van der Waals surface area contributed by atoms with Crippen molar-refractivity contribution < 1.29 is 9.59 Å². The average molecular weight is 403 g/mol. The van der Waals surface area contributed by atoms with Gasteiger partial charge >= 0.3 is 0 Å². The Bertz CT molecular complexity index is 977. The SMILES string of the molecule is Cc1cc(C)cc(-n2nnnc2S[C@@H](C)C(=O)Nc2sccc2C(N)=O)c1. The number of nitrogens with one attached hydrogen (secondary N) is 1. The number of anilines is 1. The summed E-state index contributed by atoms with van der Waals surface area (Å²) in [6.45, 7) is 5.75. The van der Waals surface area contributed by atoms with E-state index < -0.39 is 11.2 Å². The van der Waals surface area contributed by atoms with Gasteiger partial charge < -0.3 is 11.1 Å². The minimum Gasteiger partial charge on any atom is -0.366 e. The van der Waals surface area contributed by atoms with Gasteiger partial charge in [-0.15, -0.1) is 16.4 Å². The van der Waals surface area contributed by atoms with Crippen LogP contribution in [-0.2, 0) is 4.79 Å². The highest BCUT2D eigenvalue weighted by atomic mass is 32.2. The van der Waals surface area contributed by atoms with Gasteiger partial charge in [-0.3, -0.25) is 9.59 Å². The highest BCUT2D eigenvalue weighted by Gasteiger charge is 2.21. The van der Waals surface area contributed by atoms with Crippen LogP contribution in [0.25, 0.3) is 5.69 Å². The first kappa shape index (κ1) is 19.1. The quantitative estimate of drug-likeness (QED) is 0.612. The maximum atomic E-state index is 12.5. The molecule has 1 atom stereocenters. The molecule has 3 N–H and O–H groups in total. The summed E-state index contributed by atoms with van der Waals surface area (Å²) in [7, 11) is 0. The molecule has 2 amide bonds. The molecule has 1 aromatic carbocycles. The zero-order chi connectivity index (χ0) is 19.6. The summed E-state index contributed by atoms with van der Waals surface area (Å²) in [5.41, 5.74) is 8.63. The molecule has 0 fully saturated rings. The Morgan fingerprint density at radius 3 is 2.63 bits per heavy atom. The number of nitrogens with two attached hydrogens (primary N) is 1. The second kappa shape index (κ2) is 7.89. The summed E-state index contributed by atoms with van der Waals surface area (Å²) in [6.07, 6.45) is 0. The highest BCUT2D eigenvalue weighted by Crippen LogP contribution is 2.27. The largest absolute Gasteiger partial charge is 0.366 e. The minimum absolute atomic E-state index is 0.264. The molecule has 3 aromatic rings. The number of aromatic nitrogens is 4. The van der Waals surface area contributed by atoms with Gasteiger partial charge in [-0.25, -0.2) is 0 Å². The summed E-state index contributed by atoms with van der Waals surface area (Å²) in [4.78, 5) is 23.9. The van der Waals surface area contributed by atoms with Crippen LogP contribution in [0.2, 0.25) is 0 Å². The van der Waals surface area contributed by atoms with Crippen molar-refractivity contribution in [3.05, 3.63) is 46.3 Å². The fraction of sp³-hybridized carbons (Fsp3) is 0.235. The fourth-order valence-corrected chi connectivity index (χ4v) is 4.12. The fourth-order valence-electron chi connectivity index (χ4n) is 2.51. The first-order valence-electron chi connectivity index (χ1n) is 8.07. The lowest BCUT2D eigenvalue weighted by Gasteiger charge is -2.12. The Labute approximate surface area is 164 Å². The van der Waals surface area contributed by atoms with E-state index in [9.17, 15) is 9.59 Å². The molecule has 0 aliphatic carbocycles. The third-order valence-corrected chi connectivity index (χ3v) is 5.57. The third kappa shape index (κ3) is 4.34. The molecule has 0 saturated heterocycles. The number of hydrogen-bond donors (Lipinski definition) is 2. The second-order valence-corrected chi connectivity index (χ2v) is 8.22. The number of thiophene rings is 1. The molecule has 3 rings (SSSR count). The number of carbonyl (C=O) groups excluding carboxylic acids is 2. The maximum Gasteiger partial charge on any atom is 0.251 e. The molecular weight excluding hydrogens is 384 g/mol. The topological polar surface area (TPSA) is 116 Å². The highest BCUT2D eigenvalue weighted by molar-refractivity contribution is 8.00.